The van der Waals surface area contributed by atoms with Crippen molar-refractivity contribution in [1.29, 1.82) is 0 Å². The van der Waals surface area contributed by atoms with Gasteiger partial charge in [0.25, 0.3) is 5.91 Å². The summed E-state index contributed by atoms with van der Waals surface area (Å²) in [6.45, 7) is 1.88. The standard InChI is InChI=1S/C29H33ClF2N2O3.H2S/c1-33(2)26(35)22-6-5-21(17-24(22)30)37-15-8-19-18-28(19)11-13-34(14-12-28)27(36)29(9-3-10-29)23-16-20(31)4-7-25(23)32;/h4-7,16-17,19H,3,8-15,18H2,1-2H3;1H2/t19-;/m1./s1. The quantitative estimate of drug-likeness (QED) is 0.417. The maximum Gasteiger partial charge on any atom is 0.254 e. The highest BCUT2D eigenvalue weighted by molar-refractivity contribution is 7.59. The molecule has 9 heteroatoms. The van der Waals surface area contributed by atoms with Crippen molar-refractivity contribution in [3.05, 3.63) is 64.2 Å². The SMILES string of the molecule is CN(C)C(=O)c1ccc(OCC[C@@H]2CC23CCN(C(=O)C2(c4cc(F)ccc4F)CCC2)CC3)cc1Cl.S. The van der Waals surface area contributed by atoms with Crippen molar-refractivity contribution in [1.82, 2.24) is 9.80 Å². The number of hydrogen-bond acceptors (Lipinski definition) is 3. The van der Waals surface area contributed by atoms with Crippen LogP contribution < -0.4 is 4.74 Å². The van der Waals surface area contributed by atoms with Crippen molar-refractivity contribution in [2.45, 2.75) is 50.4 Å². The highest BCUT2D eigenvalue weighted by atomic mass is 35.5. The summed E-state index contributed by atoms with van der Waals surface area (Å²) in [4.78, 5) is 29.0. The summed E-state index contributed by atoms with van der Waals surface area (Å²) < 4.78 is 34.4. The molecule has 5 rings (SSSR count). The first-order valence-corrected chi connectivity index (χ1v) is 13.4. The molecule has 2 amide bonds. The van der Waals surface area contributed by atoms with Gasteiger partial charge in [-0.25, -0.2) is 8.78 Å². The fourth-order valence-corrected chi connectivity index (χ4v) is 6.47. The highest BCUT2D eigenvalue weighted by Gasteiger charge is 2.56. The van der Waals surface area contributed by atoms with Gasteiger partial charge in [0.2, 0.25) is 5.91 Å². The van der Waals surface area contributed by atoms with Gasteiger partial charge in [0.05, 0.1) is 22.6 Å². The maximum atomic E-state index is 14.6. The number of hydrogen-bond donors (Lipinski definition) is 0. The number of carbonyl (C=O) groups is 2. The molecule has 5 nitrogen and oxygen atoms in total. The first-order valence-electron chi connectivity index (χ1n) is 13.0. The predicted octanol–water partition coefficient (Wildman–Crippen LogP) is 5.95. The van der Waals surface area contributed by atoms with Crippen LogP contribution in [0, 0.1) is 23.0 Å². The van der Waals surface area contributed by atoms with Crippen molar-refractivity contribution in [2.24, 2.45) is 11.3 Å². The fourth-order valence-electron chi connectivity index (χ4n) is 6.22. The van der Waals surface area contributed by atoms with Gasteiger partial charge in [-0.1, -0.05) is 18.0 Å². The number of likely N-dealkylation sites (tertiary alicyclic amines) is 1. The van der Waals surface area contributed by atoms with Crippen LogP contribution in [0.4, 0.5) is 8.78 Å². The first kappa shape index (κ1) is 28.7. The first-order chi connectivity index (χ1) is 17.6. The summed E-state index contributed by atoms with van der Waals surface area (Å²) in [5.74, 6) is -0.00182. The van der Waals surface area contributed by atoms with E-state index < -0.39 is 17.0 Å². The molecule has 2 aromatic carbocycles. The van der Waals surface area contributed by atoms with E-state index >= 15 is 0 Å². The molecule has 0 bridgehead atoms. The van der Waals surface area contributed by atoms with Gasteiger partial charge in [-0.3, -0.25) is 9.59 Å². The van der Waals surface area contributed by atoms with Gasteiger partial charge >= 0.3 is 0 Å². The third kappa shape index (κ3) is 5.26. The van der Waals surface area contributed by atoms with Crippen LogP contribution in [0.25, 0.3) is 0 Å². The van der Waals surface area contributed by atoms with E-state index in [1.165, 1.54) is 11.0 Å². The average molecular weight is 565 g/mol. The molecule has 1 saturated heterocycles. The normalized spacial score (nSPS) is 20.8. The Morgan fingerprint density at radius 2 is 1.79 bits per heavy atom. The molecule has 0 radical (unpaired) electrons. The monoisotopic (exact) mass is 564 g/mol. The number of nitrogens with zero attached hydrogens (tertiary/aromatic N) is 2. The Balaban J connectivity index is 0.00000336. The van der Waals surface area contributed by atoms with E-state index in [0.29, 0.717) is 54.8 Å². The topological polar surface area (TPSA) is 49.9 Å². The summed E-state index contributed by atoms with van der Waals surface area (Å²) in [5, 5.41) is 0.374. The largest absolute Gasteiger partial charge is 0.494 e. The van der Waals surface area contributed by atoms with Crippen LogP contribution in [0.3, 0.4) is 0 Å². The lowest BCUT2D eigenvalue weighted by Gasteiger charge is -2.46. The molecule has 2 aliphatic carbocycles. The minimum absolute atomic E-state index is 0. The smallest absolute Gasteiger partial charge is 0.254 e. The lowest BCUT2D eigenvalue weighted by molar-refractivity contribution is -0.142. The van der Waals surface area contributed by atoms with Crippen molar-refractivity contribution in [3.8, 4) is 5.75 Å². The molecular weight excluding hydrogens is 530 g/mol. The van der Waals surface area contributed by atoms with Gasteiger partial charge in [0.15, 0.2) is 0 Å². The van der Waals surface area contributed by atoms with Crippen LogP contribution in [0.5, 0.6) is 5.75 Å². The second kappa shape index (κ2) is 11.0. The summed E-state index contributed by atoms with van der Waals surface area (Å²) in [6, 6.07) is 8.58. The van der Waals surface area contributed by atoms with E-state index in [-0.39, 0.29) is 36.3 Å². The van der Waals surface area contributed by atoms with Crippen LogP contribution in [0.15, 0.2) is 36.4 Å². The Kier molecular flexibility index (Phi) is 8.34. The van der Waals surface area contributed by atoms with E-state index in [0.717, 1.165) is 44.2 Å². The van der Waals surface area contributed by atoms with Gasteiger partial charge in [0.1, 0.15) is 17.4 Å². The number of carbonyl (C=O) groups excluding carboxylic acids is 2. The molecule has 3 fully saturated rings. The number of benzene rings is 2. The molecule has 2 aromatic rings. The Labute approximate surface area is 234 Å². The van der Waals surface area contributed by atoms with Crippen LogP contribution in [0.1, 0.15) is 60.9 Å². The molecule has 0 aromatic heterocycles. The summed E-state index contributed by atoms with van der Waals surface area (Å²) in [5.41, 5.74) is -0.00651. The summed E-state index contributed by atoms with van der Waals surface area (Å²) in [6.07, 6.45) is 5.89. The lowest BCUT2D eigenvalue weighted by atomic mass is 9.63. The third-order valence-electron chi connectivity index (χ3n) is 8.78. The molecule has 1 aliphatic heterocycles. The molecule has 38 heavy (non-hydrogen) atoms. The van der Waals surface area contributed by atoms with Crippen molar-refractivity contribution >= 4 is 36.9 Å². The van der Waals surface area contributed by atoms with Gasteiger partial charge in [-0.15, -0.1) is 0 Å². The molecule has 1 heterocycles. The number of rotatable bonds is 7. The van der Waals surface area contributed by atoms with Crippen molar-refractivity contribution in [3.63, 3.8) is 0 Å². The van der Waals surface area contributed by atoms with Gasteiger partial charge in [-0.2, -0.15) is 13.5 Å². The van der Waals surface area contributed by atoms with E-state index in [2.05, 4.69) is 0 Å². The lowest BCUT2D eigenvalue weighted by Crippen LogP contribution is -2.53. The van der Waals surface area contributed by atoms with E-state index in [1.807, 2.05) is 4.90 Å². The molecule has 1 spiro atoms. The van der Waals surface area contributed by atoms with Crippen LogP contribution in [-0.4, -0.2) is 55.4 Å². The van der Waals surface area contributed by atoms with Crippen LogP contribution >= 0.6 is 25.1 Å². The number of halogens is 3. The Morgan fingerprint density at radius 3 is 2.39 bits per heavy atom. The molecule has 3 aliphatic rings. The maximum absolute atomic E-state index is 14.6. The minimum atomic E-state index is -0.915. The van der Waals surface area contributed by atoms with Gasteiger partial charge in [-0.05, 0) is 86.3 Å². The third-order valence-corrected chi connectivity index (χ3v) is 9.09. The Morgan fingerprint density at radius 1 is 1.08 bits per heavy atom. The van der Waals surface area contributed by atoms with E-state index in [1.54, 1.807) is 32.3 Å². The highest BCUT2D eigenvalue weighted by Crippen LogP contribution is 2.61. The Bertz CT molecular complexity index is 1210. The second-order valence-corrected chi connectivity index (χ2v) is 11.5. The summed E-state index contributed by atoms with van der Waals surface area (Å²) >= 11 is 6.28. The van der Waals surface area contributed by atoms with Crippen molar-refractivity contribution < 1.29 is 23.1 Å². The molecule has 1 atom stereocenters. The zero-order valence-electron chi connectivity index (χ0n) is 21.9. The van der Waals surface area contributed by atoms with Gasteiger partial charge < -0.3 is 14.5 Å². The molecule has 2 saturated carbocycles. The number of amides is 2. The molecular formula is C29H35ClF2N2O3S. The zero-order chi connectivity index (χ0) is 26.4. The molecule has 0 unspecified atom stereocenters. The molecule has 0 N–H and O–H groups in total. The van der Waals surface area contributed by atoms with Gasteiger partial charge in [0, 0.05) is 32.7 Å². The average Bonchev–Trinajstić information content (AvgIpc) is 3.51. The summed E-state index contributed by atoms with van der Waals surface area (Å²) in [7, 11) is 3.37. The predicted molar refractivity (Wildman–Crippen MR) is 148 cm³/mol. The number of piperidine rings is 1. The van der Waals surface area contributed by atoms with Crippen LogP contribution in [-0.2, 0) is 10.2 Å². The zero-order valence-corrected chi connectivity index (χ0v) is 23.6. The molecule has 206 valence electrons. The fraction of sp³-hybridized carbons (Fsp3) is 0.517. The number of ether oxygens (including phenoxy) is 1. The van der Waals surface area contributed by atoms with Crippen molar-refractivity contribution in [2.75, 3.05) is 33.8 Å². The van der Waals surface area contributed by atoms with E-state index in [9.17, 15) is 18.4 Å². The minimum Gasteiger partial charge on any atom is -0.494 e. The Hall–Kier alpha value is -2.32. The van der Waals surface area contributed by atoms with Crippen LogP contribution in [0.2, 0.25) is 5.02 Å². The second-order valence-electron chi connectivity index (χ2n) is 11.1. The van der Waals surface area contributed by atoms with E-state index in [4.69, 9.17) is 16.3 Å².